The molecule has 0 spiro atoms. The average Bonchev–Trinajstić information content (AvgIpc) is 2.34. The minimum Gasteiger partial charge on any atom is -0.383 e. The van der Waals surface area contributed by atoms with Crippen LogP contribution in [0.4, 0.5) is 5.69 Å². The highest BCUT2D eigenvalue weighted by Gasteiger charge is 1.98. The molecule has 0 aliphatic heterocycles. The molecule has 0 fully saturated rings. The molecule has 0 saturated heterocycles. The Labute approximate surface area is 106 Å². The van der Waals surface area contributed by atoms with Crippen molar-refractivity contribution in [3.8, 4) is 0 Å². The van der Waals surface area contributed by atoms with E-state index in [2.05, 4.69) is 29.5 Å². The number of benzene rings is 1. The topological polar surface area (TPSA) is 46.9 Å². The summed E-state index contributed by atoms with van der Waals surface area (Å²) in [4.78, 5) is 11.5. The van der Waals surface area contributed by atoms with Gasteiger partial charge in [0.25, 0.3) is 5.56 Å². The summed E-state index contributed by atoms with van der Waals surface area (Å²) in [6, 6.07) is 11.4. The molecule has 1 N–H and O–H groups in total. The van der Waals surface area contributed by atoms with Crippen LogP contribution in [0.2, 0.25) is 0 Å². The van der Waals surface area contributed by atoms with E-state index in [1.165, 1.54) is 10.2 Å². The molecule has 0 unspecified atom stereocenters. The van der Waals surface area contributed by atoms with E-state index in [1.807, 2.05) is 19.1 Å². The summed E-state index contributed by atoms with van der Waals surface area (Å²) >= 11 is 0. The van der Waals surface area contributed by atoms with Crippen LogP contribution in [0.1, 0.15) is 11.3 Å². The fourth-order valence-corrected chi connectivity index (χ4v) is 1.77. The van der Waals surface area contributed by atoms with Gasteiger partial charge in [-0.25, -0.2) is 4.68 Å². The van der Waals surface area contributed by atoms with Gasteiger partial charge in [-0.15, -0.1) is 0 Å². The van der Waals surface area contributed by atoms with Crippen molar-refractivity contribution in [1.29, 1.82) is 0 Å². The van der Waals surface area contributed by atoms with Gasteiger partial charge in [0.15, 0.2) is 0 Å². The second-order valence-corrected chi connectivity index (χ2v) is 4.33. The molecule has 0 aliphatic rings. The molecular formula is C14H17N3O. The second kappa shape index (κ2) is 5.49. The fourth-order valence-electron chi connectivity index (χ4n) is 1.77. The number of aryl methyl sites for hydroxylation is 2. The molecule has 2 aromatic rings. The minimum atomic E-state index is -0.0633. The summed E-state index contributed by atoms with van der Waals surface area (Å²) in [6.07, 6.45) is 0. The third-order valence-electron chi connectivity index (χ3n) is 2.67. The number of anilines is 1. The van der Waals surface area contributed by atoms with Crippen LogP contribution in [0, 0.1) is 13.8 Å². The molecule has 0 bridgehead atoms. The van der Waals surface area contributed by atoms with Crippen molar-refractivity contribution in [2.75, 3.05) is 11.9 Å². The molecule has 4 nitrogen and oxygen atoms in total. The monoisotopic (exact) mass is 243 g/mol. The number of nitrogens with zero attached hydrogens (tertiary/aromatic N) is 2. The summed E-state index contributed by atoms with van der Waals surface area (Å²) in [7, 11) is 0. The largest absolute Gasteiger partial charge is 0.383 e. The van der Waals surface area contributed by atoms with Gasteiger partial charge in [0.2, 0.25) is 0 Å². The van der Waals surface area contributed by atoms with Gasteiger partial charge < -0.3 is 5.32 Å². The Balaban J connectivity index is 1.96. The van der Waals surface area contributed by atoms with Crippen molar-refractivity contribution in [3.05, 3.63) is 58.0 Å². The van der Waals surface area contributed by atoms with E-state index in [0.717, 1.165) is 11.4 Å². The number of nitrogens with one attached hydrogen (secondary N) is 1. The first-order chi connectivity index (χ1) is 8.65. The number of hydrogen-bond donors (Lipinski definition) is 1. The van der Waals surface area contributed by atoms with Gasteiger partial charge in [0.1, 0.15) is 0 Å². The van der Waals surface area contributed by atoms with E-state index < -0.39 is 0 Å². The van der Waals surface area contributed by atoms with Crippen LogP contribution in [-0.2, 0) is 6.54 Å². The summed E-state index contributed by atoms with van der Waals surface area (Å²) < 4.78 is 1.48. The van der Waals surface area contributed by atoms with Gasteiger partial charge in [-0.3, -0.25) is 4.79 Å². The zero-order valence-corrected chi connectivity index (χ0v) is 10.7. The third kappa shape index (κ3) is 3.20. The van der Waals surface area contributed by atoms with Crippen molar-refractivity contribution in [3.63, 3.8) is 0 Å². The molecule has 0 saturated carbocycles. The van der Waals surface area contributed by atoms with Crippen LogP contribution in [0.5, 0.6) is 0 Å². The number of hydrogen-bond acceptors (Lipinski definition) is 3. The molecule has 94 valence electrons. The van der Waals surface area contributed by atoms with Crippen molar-refractivity contribution >= 4 is 5.69 Å². The van der Waals surface area contributed by atoms with Crippen molar-refractivity contribution < 1.29 is 0 Å². The highest BCUT2D eigenvalue weighted by atomic mass is 16.1. The lowest BCUT2D eigenvalue weighted by atomic mass is 10.2. The van der Waals surface area contributed by atoms with Crippen molar-refractivity contribution in [2.45, 2.75) is 20.4 Å². The summed E-state index contributed by atoms with van der Waals surface area (Å²) in [5.74, 6) is 0. The van der Waals surface area contributed by atoms with Gasteiger partial charge >= 0.3 is 0 Å². The predicted octanol–water partition coefficient (Wildman–Crippen LogP) is 1.97. The van der Waals surface area contributed by atoms with Crippen LogP contribution >= 0.6 is 0 Å². The lowest BCUT2D eigenvalue weighted by Gasteiger charge is -2.08. The maximum Gasteiger partial charge on any atom is 0.266 e. The number of rotatable bonds is 4. The minimum absolute atomic E-state index is 0.0633. The van der Waals surface area contributed by atoms with E-state index >= 15 is 0 Å². The average molecular weight is 243 g/mol. The lowest BCUT2D eigenvalue weighted by molar-refractivity contribution is 0.589. The molecule has 18 heavy (non-hydrogen) atoms. The predicted molar refractivity (Wildman–Crippen MR) is 72.9 cm³/mol. The highest BCUT2D eigenvalue weighted by Crippen LogP contribution is 2.08. The van der Waals surface area contributed by atoms with Crippen LogP contribution in [0.3, 0.4) is 0 Å². The van der Waals surface area contributed by atoms with Gasteiger partial charge in [-0.2, -0.15) is 5.10 Å². The van der Waals surface area contributed by atoms with Crippen LogP contribution in [0.15, 0.2) is 41.2 Å². The molecular weight excluding hydrogens is 226 g/mol. The molecule has 1 aromatic carbocycles. The van der Waals surface area contributed by atoms with E-state index in [0.29, 0.717) is 13.1 Å². The van der Waals surface area contributed by atoms with E-state index in [9.17, 15) is 4.79 Å². The molecule has 0 atom stereocenters. The molecule has 2 rings (SSSR count). The summed E-state index contributed by atoms with van der Waals surface area (Å²) in [6.45, 7) is 5.18. The Morgan fingerprint density at radius 1 is 1.22 bits per heavy atom. The van der Waals surface area contributed by atoms with Gasteiger partial charge in [-0.1, -0.05) is 12.1 Å². The van der Waals surface area contributed by atoms with E-state index in [1.54, 1.807) is 12.1 Å². The molecule has 4 heteroatoms. The zero-order chi connectivity index (χ0) is 13.0. The summed E-state index contributed by atoms with van der Waals surface area (Å²) in [5.41, 5.74) is 3.07. The van der Waals surface area contributed by atoms with E-state index in [4.69, 9.17) is 0 Å². The van der Waals surface area contributed by atoms with Gasteiger partial charge in [-0.05, 0) is 37.6 Å². The molecule has 0 radical (unpaired) electrons. The normalized spacial score (nSPS) is 10.3. The maximum absolute atomic E-state index is 11.5. The highest BCUT2D eigenvalue weighted by molar-refractivity contribution is 5.45. The second-order valence-electron chi connectivity index (χ2n) is 4.33. The number of aromatic nitrogens is 2. The van der Waals surface area contributed by atoms with Crippen LogP contribution < -0.4 is 10.9 Å². The van der Waals surface area contributed by atoms with Crippen molar-refractivity contribution in [1.82, 2.24) is 9.78 Å². The summed E-state index contributed by atoms with van der Waals surface area (Å²) in [5, 5.41) is 7.47. The van der Waals surface area contributed by atoms with Crippen molar-refractivity contribution in [2.24, 2.45) is 0 Å². The maximum atomic E-state index is 11.5. The van der Waals surface area contributed by atoms with Gasteiger partial charge in [0.05, 0.1) is 12.2 Å². The smallest absolute Gasteiger partial charge is 0.266 e. The molecule has 0 aliphatic carbocycles. The van der Waals surface area contributed by atoms with Gasteiger partial charge in [0, 0.05) is 18.3 Å². The first-order valence-corrected chi connectivity index (χ1v) is 6.00. The Hall–Kier alpha value is -2.10. The Morgan fingerprint density at radius 2 is 2.06 bits per heavy atom. The quantitative estimate of drug-likeness (QED) is 0.893. The first-order valence-electron chi connectivity index (χ1n) is 6.00. The van der Waals surface area contributed by atoms with Crippen LogP contribution in [0.25, 0.3) is 0 Å². The molecule has 0 amide bonds. The first kappa shape index (κ1) is 12.4. The van der Waals surface area contributed by atoms with E-state index in [-0.39, 0.29) is 5.56 Å². The molecule has 1 aromatic heterocycles. The third-order valence-corrected chi connectivity index (χ3v) is 2.67. The Bertz CT molecular complexity index is 590. The molecule has 1 heterocycles. The fraction of sp³-hybridized carbons (Fsp3) is 0.286. The zero-order valence-electron chi connectivity index (χ0n) is 10.7. The Morgan fingerprint density at radius 3 is 2.83 bits per heavy atom. The standard InChI is InChI=1S/C14H17N3O/c1-11-4-3-5-13(10-11)15-8-9-17-14(18)7-6-12(2)16-17/h3-7,10,15H,8-9H2,1-2H3. The SMILES string of the molecule is Cc1cccc(NCCn2nc(C)ccc2=O)c1. The Kier molecular flexibility index (Phi) is 3.77. The van der Waals surface area contributed by atoms with Crippen LogP contribution in [-0.4, -0.2) is 16.3 Å². The lowest BCUT2D eigenvalue weighted by Crippen LogP contribution is -2.25.